The Morgan fingerprint density at radius 3 is 2.83 bits per heavy atom. The molecule has 2 heterocycles. The van der Waals surface area contributed by atoms with Crippen LogP contribution in [0.15, 0.2) is 12.4 Å². The first kappa shape index (κ1) is 16.5. The van der Waals surface area contributed by atoms with Gasteiger partial charge in [0.1, 0.15) is 0 Å². The van der Waals surface area contributed by atoms with Crippen LogP contribution in [-0.2, 0) is 17.9 Å². The number of carbonyl (C=O) groups excluding carboxylic acids is 1. The fraction of sp³-hybridized carbons (Fsp3) is 0.778. The number of carbonyl (C=O) groups is 1. The van der Waals surface area contributed by atoms with Crippen molar-refractivity contribution in [3.05, 3.63) is 18.0 Å². The van der Waals surface area contributed by atoms with Gasteiger partial charge in [-0.25, -0.2) is 0 Å². The van der Waals surface area contributed by atoms with E-state index in [-0.39, 0.29) is 5.91 Å². The van der Waals surface area contributed by atoms with Crippen molar-refractivity contribution in [3.8, 4) is 0 Å². The molecule has 1 aliphatic heterocycles. The molecule has 128 valence electrons. The van der Waals surface area contributed by atoms with Crippen LogP contribution in [0, 0.1) is 5.92 Å². The Morgan fingerprint density at radius 2 is 2.17 bits per heavy atom. The third-order valence-corrected chi connectivity index (χ3v) is 4.92. The van der Waals surface area contributed by atoms with Crippen molar-refractivity contribution < 1.29 is 4.79 Å². The summed E-state index contributed by atoms with van der Waals surface area (Å²) >= 11 is 0. The molecule has 3 rings (SSSR count). The molecule has 2 fully saturated rings. The van der Waals surface area contributed by atoms with Crippen LogP contribution < -0.4 is 0 Å². The Hall–Kier alpha value is -1.36. The second-order valence-electron chi connectivity index (χ2n) is 7.63. The molecule has 2 aliphatic rings. The van der Waals surface area contributed by atoms with E-state index in [1.165, 1.54) is 31.2 Å². The van der Waals surface area contributed by atoms with Crippen LogP contribution in [0.3, 0.4) is 0 Å². The van der Waals surface area contributed by atoms with E-state index < -0.39 is 0 Å². The van der Waals surface area contributed by atoms with E-state index in [4.69, 9.17) is 0 Å². The van der Waals surface area contributed by atoms with Crippen LogP contribution >= 0.6 is 0 Å². The van der Waals surface area contributed by atoms with Crippen molar-refractivity contribution in [2.45, 2.75) is 71.6 Å². The molecule has 0 radical (unpaired) electrons. The van der Waals surface area contributed by atoms with Gasteiger partial charge in [0.2, 0.25) is 5.91 Å². The van der Waals surface area contributed by atoms with Crippen LogP contribution in [0.25, 0.3) is 0 Å². The smallest absolute Gasteiger partial charge is 0.219 e. The zero-order valence-corrected chi connectivity index (χ0v) is 14.7. The van der Waals surface area contributed by atoms with E-state index in [9.17, 15) is 4.79 Å². The molecule has 1 aromatic rings. The molecule has 1 aliphatic carbocycles. The Bertz CT molecular complexity index is 535. The molecule has 0 spiro atoms. The molecule has 0 aromatic carbocycles. The number of hydrogen-bond acceptors (Lipinski definition) is 3. The standard InChI is InChI=1S/C18H30N4O/c1-14(2)10-21-12-16(9-19-21)11-20-8-4-5-18(20)13-22(15(3)23)17-6-7-17/h9,12,14,17-18H,4-8,10-11,13H2,1-3H3/t18-/m1/s1. The van der Waals surface area contributed by atoms with Crippen molar-refractivity contribution in [2.75, 3.05) is 13.1 Å². The average molecular weight is 318 g/mol. The number of nitrogens with zero attached hydrogens (tertiary/aromatic N) is 4. The van der Waals surface area contributed by atoms with E-state index in [0.717, 1.165) is 26.2 Å². The number of likely N-dealkylation sites (tertiary alicyclic amines) is 1. The fourth-order valence-electron chi connectivity index (χ4n) is 3.65. The first-order valence-electron chi connectivity index (χ1n) is 9.05. The SMILES string of the molecule is CC(=O)N(C[C@H]1CCCN1Cc1cnn(CC(C)C)c1)C1CC1. The lowest BCUT2D eigenvalue weighted by Gasteiger charge is -2.30. The number of aromatic nitrogens is 2. The summed E-state index contributed by atoms with van der Waals surface area (Å²) < 4.78 is 2.05. The molecule has 1 amide bonds. The van der Waals surface area contributed by atoms with Crippen LogP contribution in [0.1, 0.15) is 52.0 Å². The Balaban J connectivity index is 1.58. The topological polar surface area (TPSA) is 41.4 Å². The van der Waals surface area contributed by atoms with E-state index in [1.807, 2.05) is 6.20 Å². The van der Waals surface area contributed by atoms with E-state index in [0.29, 0.717) is 18.0 Å². The number of hydrogen-bond donors (Lipinski definition) is 0. The molecule has 1 saturated heterocycles. The summed E-state index contributed by atoms with van der Waals surface area (Å²) in [6, 6.07) is 1.02. The highest BCUT2D eigenvalue weighted by molar-refractivity contribution is 5.74. The maximum atomic E-state index is 11.9. The summed E-state index contributed by atoms with van der Waals surface area (Å²) in [6.45, 7) is 10.1. The summed E-state index contributed by atoms with van der Waals surface area (Å²) in [5.74, 6) is 0.856. The monoisotopic (exact) mass is 318 g/mol. The minimum atomic E-state index is 0.240. The maximum Gasteiger partial charge on any atom is 0.219 e. The Morgan fingerprint density at radius 1 is 1.39 bits per heavy atom. The Kier molecular flexibility index (Phi) is 5.05. The lowest BCUT2D eigenvalue weighted by atomic mass is 10.2. The zero-order chi connectivity index (χ0) is 16.4. The first-order valence-corrected chi connectivity index (χ1v) is 9.05. The molecule has 1 atom stereocenters. The van der Waals surface area contributed by atoms with E-state index >= 15 is 0 Å². The van der Waals surface area contributed by atoms with Gasteiger partial charge in [-0.1, -0.05) is 13.8 Å². The van der Waals surface area contributed by atoms with E-state index in [1.54, 1.807) is 6.92 Å². The van der Waals surface area contributed by atoms with Crippen LogP contribution in [-0.4, -0.2) is 50.7 Å². The predicted octanol–water partition coefficient (Wildman–Crippen LogP) is 2.51. The summed E-state index contributed by atoms with van der Waals surface area (Å²) in [4.78, 5) is 16.5. The highest BCUT2D eigenvalue weighted by Crippen LogP contribution is 2.29. The van der Waals surface area contributed by atoms with Crippen molar-refractivity contribution >= 4 is 5.91 Å². The Labute approximate surface area is 139 Å². The lowest BCUT2D eigenvalue weighted by Crippen LogP contribution is -2.43. The largest absolute Gasteiger partial charge is 0.338 e. The summed E-state index contributed by atoms with van der Waals surface area (Å²) in [6.07, 6.45) is 9.00. The molecule has 0 unspecified atom stereocenters. The third kappa shape index (κ3) is 4.34. The zero-order valence-electron chi connectivity index (χ0n) is 14.7. The third-order valence-electron chi connectivity index (χ3n) is 4.92. The second kappa shape index (κ2) is 7.04. The van der Waals surface area contributed by atoms with Gasteiger partial charge in [-0.2, -0.15) is 5.10 Å². The summed E-state index contributed by atoms with van der Waals surface area (Å²) in [5, 5.41) is 4.48. The second-order valence-corrected chi connectivity index (χ2v) is 7.63. The van der Waals surface area contributed by atoms with Gasteiger partial charge in [0.05, 0.1) is 6.20 Å². The van der Waals surface area contributed by atoms with Crippen molar-refractivity contribution in [1.29, 1.82) is 0 Å². The fourth-order valence-corrected chi connectivity index (χ4v) is 3.65. The quantitative estimate of drug-likeness (QED) is 0.776. The minimum absolute atomic E-state index is 0.240. The van der Waals surface area contributed by atoms with Gasteiger partial charge in [-0.15, -0.1) is 0 Å². The first-order chi connectivity index (χ1) is 11.0. The molecule has 23 heavy (non-hydrogen) atoms. The van der Waals surface area contributed by atoms with Crippen molar-refractivity contribution in [3.63, 3.8) is 0 Å². The maximum absolute atomic E-state index is 11.9. The normalized spacial score (nSPS) is 22.0. The van der Waals surface area contributed by atoms with Gasteiger partial charge in [-0.05, 0) is 38.1 Å². The summed E-state index contributed by atoms with van der Waals surface area (Å²) in [7, 11) is 0. The molecule has 0 N–H and O–H groups in total. The lowest BCUT2D eigenvalue weighted by molar-refractivity contribution is -0.130. The van der Waals surface area contributed by atoms with E-state index in [2.05, 4.69) is 39.6 Å². The molecule has 5 nitrogen and oxygen atoms in total. The molecule has 1 aromatic heterocycles. The highest BCUT2D eigenvalue weighted by Gasteiger charge is 2.35. The van der Waals surface area contributed by atoms with Gasteiger partial charge >= 0.3 is 0 Å². The van der Waals surface area contributed by atoms with Gasteiger partial charge in [0.15, 0.2) is 0 Å². The van der Waals surface area contributed by atoms with Crippen molar-refractivity contribution in [2.24, 2.45) is 5.92 Å². The number of amides is 1. The van der Waals surface area contributed by atoms with Gasteiger partial charge < -0.3 is 4.90 Å². The van der Waals surface area contributed by atoms with Crippen LogP contribution in [0.5, 0.6) is 0 Å². The average Bonchev–Trinajstić information content (AvgIpc) is 3.07. The van der Waals surface area contributed by atoms with Crippen LogP contribution in [0.4, 0.5) is 0 Å². The molecular formula is C18H30N4O. The van der Waals surface area contributed by atoms with Gasteiger partial charge in [0, 0.05) is 50.4 Å². The highest BCUT2D eigenvalue weighted by atomic mass is 16.2. The molecule has 5 heteroatoms. The summed E-state index contributed by atoms with van der Waals surface area (Å²) in [5.41, 5.74) is 1.29. The van der Waals surface area contributed by atoms with Gasteiger partial charge in [-0.3, -0.25) is 14.4 Å². The molecular weight excluding hydrogens is 288 g/mol. The predicted molar refractivity (Wildman–Crippen MR) is 90.9 cm³/mol. The molecule has 1 saturated carbocycles. The minimum Gasteiger partial charge on any atom is -0.338 e. The van der Waals surface area contributed by atoms with Crippen molar-refractivity contribution in [1.82, 2.24) is 19.6 Å². The number of rotatable bonds is 7. The van der Waals surface area contributed by atoms with Gasteiger partial charge in [0.25, 0.3) is 0 Å². The van der Waals surface area contributed by atoms with Crippen LogP contribution in [0.2, 0.25) is 0 Å². The molecule has 0 bridgehead atoms.